The first-order valence-corrected chi connectivity index (χ1v) is 6.87. The summed E-state index contributed by atoms with van der Waals surface area (Å²) in [6, 6.07) is 11.8. The van der Waals surface area contributed by atoms with E-state index in [1.54, 1.807) is 12.1 Å². The number of fused-ring (bicyclic) bond motifs is 1. The molecule has 0 fully saturated rings. The fourth-order valence-corrected chi connectivity index (χ4v) is 2.90. The SMILES string of the molecule is Oc1cc(Cl)c(O)c(Cl)c1-c1c(O)ccc2ccccc12. The average molecular weight is 321 g/mol. The minimum atomic E-state index is -0.335. The molecule has 3 N–H and O–H groups in total. The minimum absolute atomic E-state index is 0.0485. The van der Waals surface area contributed by atoms with Gasteiger partial charge in [-0.1, -0.05) is 53.5 Å². The van der Waals surface area contributed by atoms with Gasteiger partial charge in [-0.25, -0.2) is 0 Å². The van der Waals surface area contributed by atoms with Crippen LogP contribution in [0.5, 0.6) is 17.2 Å². The number of aromatic hydroxyl groups is 3. The van der Waals surface area contributed by atoms with Gasteiger partial charge in [0.05, 0.1) is 15.6 Å². The highest BCUT2D eigenvalue weighted by molar-refractivity contribution is 6.39. The summed E-state index contributed by atoms with van der Waals surface area (Å²) in [4.78, 5) is 0. The van der Waals surface area contributed by atoms with Crippen molar-refractivity contribution in [3.63, 3.8) is 0 Å². The lowest BCUT2D eigenvalue weighted by Gasteiger charge is -2.14. The molecule has 3 rings (SSSR count). The molecule has 0 atom stereocenters. The summed E-state index contributed by atoms with van der Waals surface area (Å²) in [6.07, 6.45) is 0. The number of phenols is 3. The van der Waals surface area contributed by atoms with Gasteiger partial charge in [0.15, 0.2) is 5.75 Å². The summed E-state index contributed by atoms with van der Waals surface area (Å²) in [6.45, 7) is 0. The van der Waals surface area contributed by atoms with Crippen molar-refractivity contribution in [2.75, 3.05) is 0 Å². The second-order valence-electron chi connectivity index (χ2n) is 4.60. The Morgan fingerprint density at radius 3 is 2.24 bits per heavy atom. The highest BCUT2D eigenvalue weighted by atomic mass is 35.5. The second kappa shape index (κ2) is 5.02. The first-order valence-electron chi connectivity index (χ1n) is 6.11. The van der Waals surface area contributed by atoms with E-state index in [1.807, 2.05) is 18.2 Å². The number of benzene rings is 3. The predicted molar refractivity (Wildman–Crippen MR) is 84.4 cm³/mol. The number of rotatable bonds is 1. The first kappa shape index (κ1) is 13.9. The van der Waals surface area contributed by atoms with Gasteiger partial charge in [0.25, 0.3) is 0 Å². The Balaban J connectivity index is 2.47. The van der Waals surface area contributed by atoms with E-state index in [0.717, 1.165) is 5.39 Å². The second-order valence-corrected chi connectivity index (χ2v) is 5.38. The molecule has 0 heterocycles. The molecule has 106 valence electrons. The molecule has 0 saturated heterocycles. The van der Waals surface area contributed by atoms with Gasteiger partial charge in [-0.3, -0.25) is 0 Å². The van der Waals surface area contributed by atoms with Crippen LogP contribution < -0.4 is 0 Å². The van der Waals surface area contributed by atoms with Crippen LogP contribution in [0.4, 0.5) is 0 Å². The monoisotopic (exact) mass is 320 g/mol. The zero-order valence-corrected chi connectivity index (χ0v) is 12.2. The van der Waals surface area contributed by atoms with E-state index in [1.165, 1.54) is 12.1 Å². The molecule has 0 radical (unpaired) electrons. The van der Waals surface area contributed by atoms with Crippen molar-refractivity contribution in [3.8, 4) is 28.4 Å². The topological polar surface area (TPSA) is 60.7 Å². The lowest BCUT2D eigenvalue weighted by atomic mass is 9.96. The maximum Gasteiger partial charge on any atom is 0.153 e. The van der Waals surface area contributed by atoms with Gasteiger partial charge in [-0.2, -0.15) is 0 Å². The zero-order chi connectivity index (χ0) is 15.1. The van der Waals surface area contributed by atoms with E-state index >= 15 is 0 Å². The molecule has 3 aromatic rings. The van der Waals surface area contributed by atoms with Crippen molar-refractivity contribution in [3.05, 3.63) is 52.5 Å². The Bertz CT molecular complexity index is 860. The lowest BCUT2D eigenvalue weighted by Crippen LogP contribution is -1.87. The molecule has 21 heavy (non-hydrogen) atoms. The molecule has 3 nitrogen and oxygen atoms in total. The molecule has 0 aromatic heterocycles. The Hall–Kier alpha value is -2.10. The van der Waals surface area contributed by atoms with Gasteiger partial charge < -0.3 is 15.3 Å². The molecule has 0 aliphatic carbocycles. The standard InChI is InChI=1S/C16H10Cl2O3/c17-10-7-12(20)14(15(18)16(10)21)13-9-4-2-1-3-8(9)5-6-11(13)19/h1-7,19-21H. The Morgan fingerprint density at radius 2 is 1.48 bits per heavy atom. The molecule has 0 spiro atoms. The molecule has 0 saturated carbocycles. The minimum Gasteiger partial charge on any atom is -0.507 e. The van der Waals surface area contributed by atoms with Crippen molar-refractivity contribution in [2.24, 2.45) is 0 Å². The Kier molecular flexibility index (Phi) is 3.32. The summed E-state index contributed by atoms with van der Waals surface area (Å²) < 4.78 is 0. The number of hydrogen-bond acceptors (Lipinski definition) is 3. The smallest absolute Gasteiger partial charge is 0.153 e. The number of hydrogen-bond donors (Lipinski definition) is 3. The Labute approximate surface area is 130 Å². The van der Waals surface area contributed by atoms with Gasteiger partial charge in [0.1, 0.15) is 11.5 Å². The molecule has 0 bridgehead atoms. The van der Waals surface area contributed by atoms with Gasteiger partial charge in [0, 0.05) is 11.6 Å². The van der Waals surface area contributed by atoms with E-state index in [4.69, 9.17) is 23.2 Å². The van der Waals surface area contributed by atoms with Crippen LogP contribution in [0.3, 0.4) is 0 Å². The van der Waals surface area contributed by atoms with Crippen LogP contribution in [0.15, 0.2) is 42.5 Å². The van der Waals surface area contributed by atoms with Crippen LogP contribution in [-0.2, 0) is 0 Å². The maximum atomic E-state index is 10.2. The van der Waals surface area contributed by atoms with E-state index in [2.05, 4.69) is 0 Å². The molecule has 3 aromatic carbocycles. The summed E-state index contributed by atoms with van der Waals surface area (Å²) in [7, 11) is 0. The molecule has 0 amide bonds. The van der Waals surface area contributed by atoms with Crippen molar-refractivity contribution >= 4 is 34.0 Å². The van der Waals surface area contributed by atoms with Crippen molar-refractivity contribution in [1.82, 2.24) is 0 Å². The van der Waals surface area contributed by atoms with E-state index in [-0.39, 0.29) is 32.9 Å². The van der Waals surface area contributed by atoms with Crippen LogP contribution in [0.2, 0.25) is 10.0 Å². The number of phenolic OH excluding ortho intramolecular Hbond substituents is 3. The lowest BCUT2D eigenvalue weighted by molar-refractivity contribution is 0.460. The van der Waals surface area contributed by atoms with E-state index in [0.29, 0.717) is 10.9 Å². The molecule has 0 aliphatic rings. The fourth-order valence-electron chi connectivity index (χ4n) is 2.36. The summed E-state index contributed by atoms with van der Waals surface area (Å²) in [5.41, 5.74) is 0.496. The van der Waals surface area contributed by atoms with E-state index < -0.39 is 0 Å². The van der Waals surface area contributed by atoms with Crippen LogP contribution in [0, 0.1) is 0 Å². The van der Waals surface area contributed by atoms with Crippen molar-refractivity contribution in [1.29, 1.82) is 0 Å². The average Bonchev–Trinajstić information content (AvgIpc) is 2.47. The summed E-state index contributed by atoms with van der Waals surface area (Å²) >= 11 is 11.9. The number of halogens is 2. The van der Waals surface area contributed by atoms with Crippen molar-refractivity contribution in [2.45, 2.75) is 0 Å². The van der Waals surface area contributed by atoms with Gasteiger partial charge in [-0.05, 0) is 16.8 Å². The maximum absolute atomic E-state index is 10.2. The van der Waals surface area contributed by atoms with Crippen LogP contribution in [0.25, 0.3) is 21.9 Å². The fraction of sp³-hybridized carbons (Fsp3) is 0. The quantitative estimate of drug-likeness (QED) is 0.557. The van der Waals surface area contributed by atoms with Crippen molar-refractivity contribution < 1.29 is 15.3 Å². The van der Waals surface area contributed by atoms with Gasteiger partial charge in [-0.15, -0.1) is 0 Å². The van der Waals surface area contributed by atoms with Gasteiger partial charge in [0.2, 0.25) is 0 Å². The molecule has 5 heteroatoms. The van der Waals surface area contributed by atoms with Crippen LogP contribution in [-0.4, -0.2) is 15.3 Å². The van der Waals surface area contributed by atoms with Crippen LogP contribution >= 0.6 is 23.2 Å². The summed E-state index contributed by atoms with van der Waals surface area (Å²) in [5.74, 6) is -0.597. The normalized spacial score (nSPS) is 11.0. The highest BCUT2D eigenvalue weighted by Gasteiger charge is 2.21. The third-order valence-corrected chi connectivity index (χ3v) is 3.99. The first-order chi connectivity index (χ1) is 10.0. The van der Waals surface area contributed by atoms with Gasteiger partial charge >= 0.3 is 0 Å². The highest BCUT2D eigenvalue weighted by Crippen LogP contribution is 2.49. The third kappa shape index (κ3) is 2.15. The van der Waals surface area contributed by atoms with E-state index in [9.17, 15) is 15.3 Å². The zero-order valence-electron chi connectivity index (χ0n) is 10.6. The molecule has 0 aliphatic heterocycles. The third-order valence-electron chi connectivity index (χ3n) is 3.33. The predicted octanol–water partition coefficient (Wildman–Crippen LogP) is 4.93. The molecular weight excluding hydrogens is 311 g/mol. The molecule has 0 unspecified atom stereocenters. The largest absolute Gasteiger partial charge is 0.507 e. The summed E-state index contributed by atoms with van der Waals surface area (Å²) in [5, 5.41) is 31.6. The molecular formula is C16H10Cl2O3. The van der Waals surface area contributed by atoms with Crippen LogP contribution in [0.1, 0.15) is 0 Å². The Morgan fingerprint density at radius 1 is 0.762 bits per heavy atom.